The van der Waals surface area contributed by atoms with Gasteiger partial charge in [0.05, 0.1) is 24.2 Å². The number of benzene rings is 6. The number of hydrogen-bond acceptors (Lipinski definition) is 2. The lowest BCUT2D eigenvalue weighted by Gasteiger charge is -2.40. The second kappa shape index (κ2) is 14.4. The average molecular weight is 635 g/mol. The third-order valence-electron chi connectivity index (χ3n) is 9.28. The van der Waals surface area contributed by atoms with Crippen LogP contribution in [-0.2, 0) is 0 Å². The molecule has 0 heterocycles. The van der Waals surface area contributed by atoms with E-state index < -0.39 is 12.1 Å². The molecule has 6 aromatic rings. The zero-order chi connectivity index (χ0) is 33.6. The van der Waals surface area contributed by atoms with Crippen molar-refractivity contribution in [1.82, 2.24) is 20.4 Å². The summed E-state index contributed by atoms with van der Waals surface area (Å²) in [6.07, 6.45) is 0. The van der Waals surface area contributed by atoms with Gasteiger partial charge in [-0.25, -0.2) is 9.59 Å². The standard InChI is InChI=1S/C42H42N4O2/c1-29(35-25-23-31-15-11-13-21-37(31)27-35)43-41(47)45(3)39(33-17-7-5-8-18-33)40(34-19-9-6-10-20-34)46(4)42(48)44-30(2)36-26-24-32-16-12-14-22-38(32)28-36/h5-30,39-40H,1-4H3,(H,43,47)(H,44,48)/t29-,30-,39-,40-/m1/s1. The lowest BCUT2D eigenvalue weighted by atomic mass is 9.91. The number of nitrogens with one attached hydrogen (secondary N) is 2. The van der Waals surface area contributed by atoms with Crippen molar-refractivity contribution >= 4 is 33.6 Å². The van der Waals surface area contributed by atoms with Gasteiger partial charge in [-0.15, -0.1) is 0 Å². The molecule has 48 heavy (non-hydrogen) atoms. The maximum Gasteiger partial charge on any atom is 0.318 e. The molecule has 6 nitrogen and oxygen atoms in total. The molecule has 0 fully saturated rings. The molecule has 0 bridgehead atoms. The Morgan fingerprint density at radius 2 is 0.771 bits per heavy atom. The van der Waals surface area contributed by atoms with Crippen molar-refractivity contribution in [2.75, 3.05) is 14.1 Å². The number of fused-ring (bicyclic) bond motifs is 2. The van der Waals surface area contributed by atoms with E-state index >= 15 is 0 Å². The van der Waals surface area contributed by atoms with Crippen molar-refractivity contribution < 1.29 is 9.59 Å². The summed E-state index contributed by atoms with van der Waals surface area (Å²) in [5.41, 5.74) is 3.88. The van der Waals surface area contributed by atoms with Gasteiger partial charge in [-0.3, -0.25) is 0 Å². The molecular formula is C42H42N4O2. The Balaban J connectivity index is 1.29. The molecule has 0 unspecified atom stereocenters. The van der Waals surface area contributed by atoms with Crippen molar-refractivity contribution in [3.05, 3.63) is 168 Å². The molecule has 0 saturated carbocycles. The monoisotopic (exact) mass is 634 g/mol. The van der Waals surface area contributed by atoms with Crippen LogP contribution in [0.1, 0.15) is 60.3 Å². The number of carbonyl (C=O) groups excluding carboxylic acids is 2. The minimum atomic E-state index is -0.496. The molecule has 0 aliphatic heterocycles. The molecular weight excluding hydrogens is 592 g/mol. The Bertz CT molecular complexity index is 1870. The highest BCUT2D eigenvalue weighted by Crippen LogP contribution is 2.38. The first kappa shape index (κ1) is 32.3. The molecule has 4 atom stereocenters. The highest BCUT2D eigenvalue weighted by Gasteiger charge is 2.36. The molecule has 0 aliphatic carbocycles. The molecule has 242 valence electrons. The lowest BCUT2D eigenvalue weighted by molar-refractivity contribution is 0.127. The van der Waals surface area contributed by atoms with Gasteiger partial charge >= 0.3 is 12.1 Å². The molecule has 6 heteroatoms. The van der Waals surface area contributed by atoms with Crippen molar-refractivity contribution in [2.45, 2.75) is 38.0 Å². The van der Waals surface area contributed by atoms with E-state index in [0.29, 0.717) is 0 Å². The van der Waals surface area contributed by atoms with Gasteiger partial charge in [0.2, 0.25) is 0 Å². The third-order valence-corrected chi connectivity index (χ3v) is 9.28. The average Bonchev–Trinajstić information content (AvgIpc) is 3.13. The van der Waals surface area contributed by atoms with E-state index in [1.807, 2.05) is 98.8 Å². The minimum Gasteiger partial charge on any atom is -0.331 e. The van der Waals surface area contributed by atoms with Crippen LogP contribution in [-0.4, -0.2) is 36.0 Å². The van der Waals surface area contributed by atoms with Crippen LogP contribution in [0.4, 0.5) is 9.59 Å². The van der Waals surface area contributed by atoms with Gasteiger partial charge in [0.15, 0.2) is 0 Å². The molecule has 0 radical (unpaired) electrons. The van der Waals surface area contributed by atoms with E-state index in [0.717, 1.165) is 43.8 Å². The summed E-state index contributed by atoms with van der Waals surface area (Å²) in [7, 11) is 3.61. The van der Waals surface area contributed by atoms with Crippen molar-refractivity contribution in [3.63, 3.8) is 0 Å². The number of hydrogen-bond donors (Lipinski definition) is 2. The number of nitrogens with zero attached hydrogens (tertiary/aromatic N) is 2. The Kier molecular flexibility index (Phi) is 9.72. The van der Waals surface area contributed by atoms with Gasteiger partial charge in [-0.1, -0.05) is 133 Å². The molecule has 0 saturated heterocycles. The van der Waals surface area contributed by atoms with Crippen LogP contribution in [0.25, 0.3) is 21.5 Å². The van der Waals surface area contributed by atoms with E-state index in [9.17, 15) is 9.59 Å². The lowest BCUT2D eigenvalue weighted by Crippen LogP contribution is -2.48. The summed E-state index contributed by atoms with van der Waals surface area (Å²) in [6.45, 7) is 3.99. The number of likely N-dealkylation sites (N-methyl/N-ethyl adjacent to an activating group) is 2. The summed E-state index contributed by atoms with van der Waals surface area (Å²) in [5, 5.41) is 11.0. The summed E-state index contributed by atoms with van der Waals surface area (Å²) >= 11 is 0. The minimum absolute atomic E-state index is 0.233. The van der Waals surface area contributed by atoms with E-state index in [1.54, 1.807) is 23.9 Å². The van der Waals surface area contributed by atoms with Crippen LogP contribution in [0.2, 0.25) is 0 Å². The smallest absolute Gasteiger partial charge is 0.318 e. The van der Waals surface area contributed by atoms with Crippen LogP contribution in [0.15, 0.2) is 146 Å². The van der Waals surface area contributed by atoms with Crippen LogP contribution < -0.4 is 10.6 Å². The molecule has 0 aliphatic rings. The topological polar surface area (TPSA) is 64.7 Å². The maximum absolute atomic E-state index is 14.1. The van der Waals surface area contributed by atoms with Crippen LogP contribution in [0.5, 0.6) is 0 Å². The first-order valence-electron chi connectivity index (χ1n) is 16.4. The van der Waals surface area contributed by atoms with Gasteiger partial charge < -0.3 is 20.4 Å². The summed E-state index contributed by atoms with van der Waals surface area (Å²) in [5.74, 6) is 0. The predicted molar refractivity (Wildman–Crippen MR) is 196 cm³/mol. The number of carbonyl (C=O) groups is 2. The summed E-state index contributed by atoms with van der Waals surface area (Å²) in [6, 6.07) is 46.9. The van der Waals surface area contributed by atoms with Gasteiger partial charge in [0.1, 0.15) is 0 Å². The van der Waals surface area contributed by atoms with Crippen LogP contribution in [0.3, 0.4) is 0 Å². The zero-order valence-electron chi connectivity index (χ0n) is 27.9. The first-order valence-corrected chi connectivity index (χ1v) is 16.4. The third kappa shape index (κ3) is 7.03. The summed E-state index contributed by atoms with van der Waals surface area (Å²) in [4.78, 5) is 31.6. The van der Waals surface area contributed by atoms with E-state index in [-0.39, 0.29) is 24.1 Å². The largest absolute Gasteiger partial charge is 0.331 e. The normalized spacial score (nSPS) is 13.7. The zero-order valence-corrected chi connectivity index (χ0v) is 27.9. The Hall–Kier alpha value is -5.62. The van der Waals surface area contributed by atoms with Crippen molar-refractivity contribution in [3.8, 4) is 0 Å². The molecule has 2 N–H and O–H groups in total. The molecule has 6 rings (SSSR count). The van der Waals surface area contributed by atoms with Gasteiger partial charge in [-0.05, 0) is 69.8 Å². The second-order valence-corrected chi connectivity index (χ2v) is 12.5. The van der Waals surface area contributed by atoms with Crippen LogP contribution >= 0.6 is 0 Å². The molecule has 6 aromatic carbocycles. The van der Waals surface area contributed by atoms with Gasteiger partial charge in [0.25, 0.3) is 0 Å². The van der Waals surface area contributed by atoms with Crippen molar-refractivity contribution in [2.24, 2.45) is 0 Å². The second-order valence-electron chi connectivity index (χ2n) is 12.5. The van der Waals surface area contributed by atoms with E-state index in [4.69, 9.17) is 0 Å². The van der Waals surface area contributed by atoms with Gasteiger partial charge in [0, 0.05) is 14.1 Å². The van der Waals surface area contributed by atoms with Crippen molar-refractivity contribution in [1.29, 1.82) is 0 Å². The Morgan fingerprint density at radius 3 is 1.15 bits per heavy atom. The number of rotatable bonds is 9. The first-order chi connectivity index (χ1) is 23.3. The number of urea groups is 2. The quantitative estimate of drug-likeness (QED) is 0.166. The highest BCUT2D eigenvalue weighted by molar-refractivity contribution is 5.84. The molecule has 4 amide bonds. The van der Waals surface area contributed by atoms with E-state index in [1.165, 1.54) is 0 Å². The Labute approximate surface area is 283 Å². The fourth-order valence-electron chi connectivity index (χ4n) is 6.48. The van der Waals surface area contributed by atoms with Crippen LogP contribution in [0, 0.1) is 0 Å². The fraction of sp³-hybridized carbons (Fsp3) is 0.190. The predicted octanol–water partition coefficient (Wildman–Crippen LogP) is 9.58. The SMILES string of the molecule is C[C@@H](NC(=O)N(C)[C@H](c1ccccc1)[C@@H](c1ccccc1)N(C)C(=O)N[C@H](C)c1ccc2ccccc2c1)c1ccc2ccccc2c1. The summed E-state index contributed by atoms with van der Waals surface area (Å²) < 4.78 is 0. The van der Waals surface area contributed by atoms with Gasteiger partial charge in [-0.2, -0.15) is 0 Å². The molecule has 0 aromatic heterocycles. The Morgan fingerprint density at radius 1 is 0.438 bits per heavy atom. The maximum atomic E-state index is 14.1. The fourth-order valence-corrected chi connectivity index (χ4v) is 6.48. The number of amides is 4. The highest BCUT2D eigenvalue weighted by atomic mass is 16.2. The molecule has 0 spiro atoms. The van der Waals surface area contributed by atoms with E-state index in [2.05, 4.69) is 71.3 Å².